The molecule has 49 nitrogen and oxygen atoms in total. The number of unbranched alkanes of at least 4 members (excludes halogenated alkanes) is 1. The maximum Gasteiger partial charge on any atom is 0.326 e. The van der Waals surface area contributed by atoms with Crippen LogP contribution < -0.4 is 131 Å². The number of nitrogens with two attached hydrogens (primary N) is 9. The molecule has 0 aromatic heterocycles. The smallest absolute Gasteiger partial charge is 0.326 e. The van der Waals surface area contributed by atoms with E-state index in [2.05, 4.69) is 105 Å². The number of β-amino-alcohol motifs (C(OH)–C–C–N with tert-alkyl or cyclic N) is 1. The van der Waals surface area contributed by atoms with E-state index >= 15 is 0 Å². The first-order valence-corrected chi connectivity index (χ1v) is 44.5. The highest BCUT2D eigenvalue weighted by Crippen LogP contribution is 2.25. The lowest BCUT2D eigenvalue weighted by Crippen LogP contribution is -2.64. The number of amides is 17. The molecule has 3 rings (SSSR count). The van der Waals surface area contributed by atoms with E-state index in [-0.39, 0.29) is 132 Å². The van der Waals surface area contributed by atoms with Crippen LogP contribution in [0, 0.1) is 17.2 Å². The third-order valence-corrected chi connectivity index (χ3v) is 22.0. The van der Waals surface area contributed by atoms with Crippen LogP contribution in [0.1, 0.15) is 143 Å². The van der Waals surface area contributed by atoms with Crippen molar-refractivity contribution in [2.45, 2.75) is 258 Å². The van der Waals surface area contributed by atoms with Gasteiger partial charge in [-0.3, -0.25) is 86.9 Å². The average molecular weight is 1920 g/mol. The van der Waals surface area contributed by atoms with Crippen molar-refractivity contribution < 1.29 is 112 Å². The van der Waals surface area contributed by atoms with E-state index in [0.29, 0.717) is 12.0 Å². The summed E-state index contributed by atoms with van der Waals surface area (Å²) in [5, 5.41) is 95.8. The third-order valence-electron chi connectivity index (χ3n) is 21.4. The molecule has 1 aliphatic rings. The predicted molar refractivity (Wildman–Crippen MR) is 490 cm³/mol. The molecule has 744 valence electrons. The molecule has 0 bridgehead atoms. The van der Waals surface area contributed by atoms with Crippen molar-refractivity contribution in [2.24, 2.45) is 63.4 Å². The number of hydrogen-bond donors (Lipinski definition) is 32. The molecule has 51 heteroatoms. The number of primary amides is 2. The SMILES string of the molecule is CC[C@H](C)[C@H](NC(=O)[C@@H]1C[C@@H](O)CN1C(=O)[C@@H](N)C(C)C)C(=O)N[C@H](C(=O)N[C@@H](Cc1ccc(O)cc1)C(=O)N[C@@H](CC(N)=O)C(=O)N[C@@H](CC(N)=O)C(=O)N[C@@H](CCCNC(=N)N)C(=O)N[C@@H](CCN)C(=O)N[C@H](C(=O)N[C@H](CCN)C(=O)N[C@@H](CCCCN)C(=O)N[C@@H](CCN)C(=O)N[C@@H](CCN)C(=O)N[C@@H](CS)C(=O)N[C@@H](Cc1ccc(O)cc1)C(=O)O)[C@@H](C)O)C(C)(C)S. The zero-order valence-corrected chi connectivity index (χ0v) is 77.3. The van der Waals surface area contributed by atoms with E-state index in [1.54, 1.807) is 27.7 Å². The van der Waals surface area contributed by atoms with Gasteiger partial charge in [-0.15, -0.1) is 0 Å². The Morgan fingerprint density at radius 2 is 0.820 bits per heavy atom. The Morgan fingerprint density at radius 3 is 1.20 bits per heavy atom. The van der Waals surface area contributed by atoms with E-state index < -0.39 is 264 Å². The van der Waals surface area contributed by atoms with Gasteiger partial charge in [-0.1, -0.05) is 58.4 Å². The highest BCUT2D eigenvalue weighted by molar-refractivity contribution is 7.81. The number of nitrogens with one attached hydrogen (secondary N) is 16. The number of likely N-dealkylation sites (tertiary alicyclic amines) is 1. The summed E-state index contributed by atoms with van der Waals surface area (Å²) >= 11 is 8.79. The highest BCUT2D eigenvalue weighted by Gasteiger charge is 2.46. The van der Waals surface area contributed by atoms with Gasteiger partial charge in [0.2, 0.25) is 100 Å². The fraction of sp³-hybridized carbons (Fsp3) is 0.622. The minimum atomic E-state index is -2.09. The first-order valence-electron chi connectivity index (χ1n) is 43.4. The Labute approximate surface area is 780 Å². The number of carbonyl (C=O) groups excluding carboxylic acids is 17. The quantitative estimate of drug-likeness (QED) is 0.0127. The van der Waals surface area contributed by atoms with E-state index in [4.69, 9.17) is 57.0 Å². The Morgan fingerprint density at radius 1 is 0.466 bits per heavy atom. The summed E-state index contributed by atoms with van der Waals surface area (Å²) in [7, 11) is 0. The van der Waals surface area contributed by atoms with Gasteiger partial charge >= 0.3 is 5.97 Å². The minimum absolute atomic E-state index is 0.0857. The van der Waals surface area contributed by atoms with Crippen molar-refractivity contribution in [3.05, 3.63) is 59.7 Å². The van der Waals surface area contributed by atoms with Crippen LogP contribution in [0.15, 0.2) is 48.5 Å². The number of carboxylic acids is 1. The molecule has 2 aromatic rings. The van der Waals surface area contributed by atoms with Gasteiger partial charge in [0.05, 0.1) is 31.1 Å². The van der Waals surface area contributed by atoms with Crippen LogP contribution in [-0.2, 0) is 99.1 Å². The van der Waals surface area contributed by atoms with Gasteiger partial charge in [0, 0.05) is 42.9 Å². The zero-order valence-electron chi connectivity index (χ0n) is 75.6. The van der Waals surface area contributed by atoms with E-state index in [1.165, 1.54) is 62.4 Å². The number of nitrogens with zero attached hydrogens (tertiary/aromatic N) is 1. The van der Waals surface area contributed by atoms with Crippen LogP contribution in [0.25, 0.3) is 0 Å². The lowest BCUT2D eigenvalue weighted by Gasteiger charge is -2.34. The van der Waals surface area contributed by atoms with Crippen molar-refractivity contribution in [1.29, 1.82) is 5.41 Å². The number of benzene rings is 2. The van der Waals surface area contributed by atoms with Crippen LogP contribution in [0.2, 0.25) is 0 Å². The van der Waals surface area contributed by atoms with Gasteiger partial charge in [-0.05, 0) is 159 Å². The number of aliphatic hydroxyl groups excluding tert-OH is 2. The highest BCUT2D eigenvalue weighted by atomic mass is 32.1. The van der Waals surface area contributed by atoms with Crippen LogP contribution in [0.3, 0.4) is 0 Å². The van der Waals surface area contributed by atoms with Gasteiger partial charge in [0.25, 0.3) is 0 Å². The Hall–Kier alpha value is -11.8. The van der Waals surface area contributed by atoms with Gasteiger partial charge in [-0.2, -0.15) is 25.3 Å². The molecule has 1 aliphatic heterocycles. The van der Waals surface area contributed by atoms with Gasteiger partial charge in [0.1, 0.15) is 102 Å². The maximum atomic E-state index is 14.8. The Bertz CT molecular complexity index is 4290. The largest absolute Gasteiger partial charge is 0.508 e. The van der Waals surface area contributed by atoms with E-state index in [9.17, 15) is 112 Å². The molecule has 39 N–H and O–H groups in total. The molecular weight excluding hydrogens is 1780 g/mol. The second kappa shape index (κ2) is 57.6. The van der Waals surface area contributed by atoms with Crippen LogP contribution in [-0.4, -0.2) is 308 Å². The molecular formula is C82H136N26O23S2. The summed E-state index contributed by atoms with van der Waals surface area (Å²) in [5.74, 6) is -22.1. The van der Waals surface area contributed by atoms with E-state index in [1.807, 2.05) is 0 Å². The number of rotatable bonds is 60. The Balaban J connectivity index is 1.94. The lowest BCUT2D eigenvalue weighted by molar-refractivity contribution is -0.142. The number of aromatic hydroxyl groups is 2. The second-order valence-corrected chi connectivity index (χ2v) is 34.7. The first-order chi connectivity index (χ1) is 62.5. The molecule has 133 heavy (non-hydrogen) atoms. The van der Waals surface area contributed by atoms with Crippen molar-refractivity contribution in [2.75, 3.05) is 51.6 Å². The van der Waals surface area contributed by atoms with Crippen LogP contribution >= 0.6 is 25.3 Å². The summed E-state index contributed by atoms with van der Waals surface area (Å²) < 4.78 is -1.51. The summed E-state index contributed by atoms with van der Waals surface area (Å²) in [6, 6.07) is -15.2. The topological polar surface area (TPSA) is 850 Å². The fourth-order valence-corrected chi connectivity index (χ4v) is 14.1. The van der Waals surface area contributed by atoms with Gasteiger partial charge in [-0.25, -0.2) is 4.79 Å². The molecule has 2 aromatic carbocycles. The van der Waals surface area contributed by atoms with Crippen molar-refractivity contribution in [3.63, 3.8) is 0 Å². The molecule has 0 unspecified atom stereocenters. The Kier molecular flexibility index (Phi) is 49.9. The summed E-state index contributed by atoms with van der Waals surface area (Å²) in [4.78, 5) is 253. The molecule has 1 heterocycles. The monoisotopic (exact) mass is 1920 g/mol. The van der Waals surface area contributed by atoms with Crippen LogP contribution in [0.4, 0.5) is 0 Å². The fourth-order valence-electron chi connectivity index (χ4n) is 13.6. The number of aliphatic carboxylic acids is 1. The second-order valence-electron chi connectivity index (χ2n) is 33.2. The molecule has 0 saturated carbocycles. The number of phenols is 2. The van der Waals surface area contributed by atoms with Gasteiger partial charge in [0.15, 0.2) is 5.96 Å². The van der Waals surface area contributed by atoms with Crippen LogP contribution in [0.5, 0.6) is 11.5 Å². The standard InChI is InChI=1S/C82H136N26O23S2/c1-8-40(4)62(105-75(125)58-34-46(112)37-108(58)79(129)61(90)39(2)3)76(126)107-64(82(6,7)133)78(128)102-53(32-42-14-18-44(110)19-15-42)71(121)100-55(36-60(89)114)73(123)101-54(35-59(88)113)72(122)95-48(13-11-31-93-81(91)92)66(116)98-52(25-30-87)70(120)106-63(41(5)109)77(127)99-51(24-29-86)68(118)94-47(12-9-10-26-83)65(115)96-49(22-27-84)67(117)97-50(23-28-85)69(119)104-57(38-132)74(124)103-56(80(130)131)33-43-16-20-45(111)21-17-43/h14-21,39-41,46-58,61-64,109-112,132-133H,8-13,22-38,83-87,90H2,1-7H3,(H2,88,113)(H2,89,114)(H,94,118)(H,95,122)(H,96,115)(H,97,117)(H,98,116)(H,99,127)(H,100,121)(H,101,123)(H,102,128)(H,103,124)(H,104,119)(H,105,125)(H,106,120)(H,107,126)(H,130,131)(H4,91,92,93)/t40-,41+,46+,47-,48-,49-,50-,51+,52-,53-,54-,55-,56-,57-,58-,61-,62-,63-,64+/m0/s1. The average Bonchev–Trinajstić information content (AvgIpc) is 1.63. The lowest BCUT2D eigenvalue weighted by atomic mass is 9.95. The normalized spacial score (nSPS) is 16.9. The number of aliphatic hydroxyl groups is 2. The summed E-state index contributed by atoms with van der Waals surface area (Å²) in [6.07, 6.45) is -7.08. The molecule has 0 spiro atoms. The minimum Gasteiger partial charge on any atom is -0.508 e. The van der Waals surface area contributed by atoms with E-state index in [0.717, 1.165) is 11.8 Å². The molecule has 0 aliphatic carbocycles. The summed E-state index contributed by atoms with van der Waals surface area (Å²) in [6.45, 7) is 9.29. The van der Waals surface area contributed by atoms with Crippen molar-refractivity contribution in [1.82, 2.24) is 84.7 Å². The number of guanidine groups is 1. The van der Waals surface area contributed by atoms with Crippen molar-refractivity contribution >= 4 is 138 Å². The molecule has 0 radical (unpaired) electrons. The number of carboxylic acid groups (broad SMARTS) is 1. The third kappa shape index (κ3) is 39.5. The zero-order chi connectivity index (χ0) is 100. The van der Waals surface area contributed by atoms with Crippen molar-refractivity contribution in [3.8, 4) is 11.5 Å². The molecule has 19 atom stereocenters. The predicted octanol–water partition coefficient (Wildman–Crippen LogP) is -10.7. The number of hydrogen-bond acceptors (Lipinski definition) is 31. The summed E-state index contributed by atoms with van der Waals surface area (Å²) in [5.41, 5.74) is 52.9. The molecule has 1 fully saturated rings. The first kappa shape index (κ1) is 115. The molecule has 17 amide bonds. The molecule has 1 saturated heterocycles. The van der Waals surface area contributed by atoms with Gasteiger partial charge < -0.3 is 162 Å². The maximum absolute atomic E-state index is 14.8. The number of carbonyl (C=O) groups is 18. The number of thiol groups is 2. The number of phenolic OH excluding ortho intramolecular Hbond substituents is 2.